The molecule has 40 heavy (non-hydrogen) atoms. The van der Waals surface area contributed by atoms with Crippen molar-refractivity contribution in [3.63, 3.8) is 0 Å². The fourth-order valence-corrected chi connectivity index (χ4v) is 5.03. The minimum Gasteiger partial charge on any atom is -0.507 e. The highest BCUT2D eigenvalue weighted by atomic mass is 32.1. The molecule has 1 aliphatic carbocycles. The molecule has 0 heterocycles. The molecule has 0 saturated heterocycles. The summed E-state index contributed by atoms with van der Waals surface area (Å²) >= 11 is 4.34. The van der Waals surface area contributed by atoms with Crippen LogP contribution in [0.2, 0.25) is 0 Å². The normalized spacial score (nSPS) is 17.9. The van der Waals surface area contributed by atoms with Crippen molar-refractivity contribution < 1.29 is 24.2 Å². The third-order valence-electron chi connectivity index (χ3n) is 6.96. The van der Waals surface area contributed by atoms with Crippen molar-refractivity contribution in [1.82, 2.24) is 10.2 Å². The first-order valence-electron chi connectivity index (χ1n) is 13.4. The zero-order valence-corrected chi connectivity index (χ0v) is 24.4. The van der Waals surface area contributed by atoms with Crippen molar-refractivity contribution in [3.8, 4) is 5.75 Å². The van der Waals surface area contributed by atoms with Gasteiger partial charge >= 0.3 is 6.09 Å². The number of carbonyl (C=O) groups excluding carboxylic acids is 3. The van der Waals surface area contributed by atoms with Crippen LogP contribution in [0.4, 0.5) is 10.5 Å². The highest BCUT2D eigenvalue weighted by Crippen LogP contribution is 2.43. The van der Waals surface area contributed by atoms with Crippen LogP contribution in [0.3, 0.4) is 0 Å². The van der Waals surface area contributed by atoms with Crippen LogP contribution in [-0.2, 0) is 14.3 Å². The van der Waals surface area contributed by atoms with Crippen LogP contribution in [0, 0.1) is 12.8 Å². The summed E-state index contributed by atoms with van der Waals surface area (Å²) in [6.45, 7) is 8.93. The van der Waals surface area contributed by atoms with Crippen LogP contribution in [0.5, 0.6) is 5.75 Å². The van der Waals surface area contributed by atoms with Gasteiger partial charge in [-0.25, -0.2) is 4.79 Å². The highest BCUT2D eigenvalue weighted by molar-refractivity contribution is 7.80. The maximum absolute atomic E-state index is 14.1. The van der Waals surface area contributed by atoms with Crippen LogP contribution >= 0.6 is 12.6 Å². The Morgan fingerprint density at radius 2 is 1.75 bits per heavy atom. The van der Waals surface area contributed by atoms with Gasteiger partial charge in [0.25, 0.3) is 5.91 Å². The number of benzene rings is 3. The van der Waals surface area contributed by atoms with Crippen molar-refractivity contribution in [2.45, 2.75) is 64.8 Å². The molecule has 3 amide bonds. The van der Waals surface area contributed by atoms with Crippen molar-refractivity contribution in [2.24, 2.45) is 5.92 Å². The van der Waals surface area contributed by atoms with Crippen LogP contribution in [0.1, 0.15) is 51.3 Å². The van der Waals surface area contributed by atoms with Gasteiger partial charge in [-0.05, 0) is 68.5 Å². The number of thiol groups is 1. The highest BCUT2D eigenvalue weighted by Gasteiger charge is 2.48. The molecule has 9 heteroatoms. The van der Waals surface area contributed by atoms with Gasteiger partial charge in [-0.2, -0.15) is 12.6 Å². The molecule has 1 saturated carbocycles. The summed E-state index contributed by atoms with van der Waals surface area (Å²) in [5, 5.41) is 18.6. The van der Waals surface area contributed by atoms with E-state index in [2.05, 4.69) is 23.3 Å². The Hall–Kier alpha value is -3.72. The molecule has 4 rings (SSSR count). The van der Waals surface area contributed by atoms with E-state index in [4.69, 9.17) is 4.74 Å². The summed E-state index contributed by atoms with van der Waals surface area (Å²) in [6, 6.07) is 16.1. The number of fused-ring (bicyclic) bond motifs is 1. The number of nitrogens with one attached hydrogen (secondary N) is 2. The summed E-state index contributed by atoms with van der Waals surface area (Å²) in [5.41, 5.74) is 0.694. The molecule has 4 atom stereocenters. The van der Waals surface area contributed by atoms with E-state index in [9.17, 15) is 19.5 Å². The maximum Gasteiger partial charge on any atom is 0.408 e. The largest absolute Gasteiger partial charge is 0.507 e. The lowest BCUT2D eigenvalue weighted by molar-refractivity contribution is -0.141. The smallest absolute Gasteiger partial charge is 0.408 e. The lowest BCUT2D eigenvalue weighted by Crippen LogP contribution is -2.54. The number of anilines is 1. The summed E-state index contributed by atoms with van der Waals surface area (Å²) < 4.78 is 5.36. The zero-order chi connectivity index (χ0) is 29.2. The number of amides is 3. The summed E-state index contributed by atoms with van der Waals surface area (Å²) in [5.74, 6) is -0.883. The Kier molecular flexibility index (Phi) is 8.63. The average Bonchev–Trinajstić information content (AvgIpc) is 3.61. The van der Waals surface area contributed by atoms with Crippen LogP contribution in [-0.4, -0.2) is 51.4 Å². The van der Waals surface area contributed by atoms with Gasteiger partial charge in [-0.15, -0.1) is 0 Å². The summed E-state index contributed by atoms with van der Waals surface area (Å²) in [6.07, 6.45) is -0.0664. The molecule has 0 bridgehead atoms. The lowest BCUT2D eigenvalue weighted by Gasteiger charge is -2.35. The molecule has 0 aliphatic heterocycles. The van der Waals surface area contributed by atoms with Gasteiger partial charge < -0.3 is 25.4 Å². The van der Waals surface area contributed by atoms with Gasteiger partial charge in [0, 0.05) is 23.0 Å². The predicted molar refractivity (Wildman–Crippen MR) is 160 cm³/mol. The fourth-order valence-electron chi connectivity index (χ4n) is 4.78. The first kappa shape index (κ1) is 29.3. The van der Waals surface area contributed by atoms with E-state index in [-0.39, 0.29) is 23.5 Å². The van der Waals surface area contributed by atoms with E-state index in [1.165, 1.54) is 4.90 Å². The quantitative estimate of drug-likeness (QED) is 0.267. The monoisotopic (exact) mass is 563 g/mol. The number of aromatic hydroxyl groups is 1. The van der Waals surface area contributed by atoms with E-state index >= 15 is 0 Å². The topological polar surface area (TPSA) is 108 Å². The second kappa shape index (κ2) is 11.8. The van der Waals surface area contributed by atoms with E-state index in [0.29, 0.717) is 23.2 Å². The van der Waals surface area contributed by atoms with Crippen LogP contribution < -0.4 is 10.6 Å². The van der Waals surface area contributed by atoms with E-state index < -0.39 is 35.6 Å². The molecule has 0 spiro atoms. The number of alkyl carbamates (subject to hydrolysis) is 1. The number of aryl methyl sites for hydroxylation is 1. The number of phenols is 1. The van der Waals surface area contributed by atoms with Crippen molar-refractivity contribution in [2.75, 3.05) is 11.1 Å². The van der Waals surface area contributed by atoms with Crippen molar-refractivity contribution >= 4 is 47.0 Å². The van der Waals surface area contributed by atoms with Gasteiger partial charge in [0.2, 0.25) is 5.91 Å². The fraction of sp³-hybridized carbons (Fsp3) is 0.387. The van der Waals surface area contributed by atoms with Gasteiger partial charge in [0.15, 0.2) is 0 Å². The SMILES string of the molecule is Cc1cccc(C(C(=O)Nc2ccc3ccccc3c2)N(C(=O)C(CS)NC(=O)OC(C)(C)C)C2CC2C)c1O. The Labute approximate surface area is 240 Å². The van der Waals surface area contributed by atoms with Gasteiger partial charge in [-0.1, -0.05) is 55.5 Å². The number of para-hydroxylation sites is 1. The molecule has 8 nitrogen and oxygen atoms in total. The number of phenolic OH excluding ortho intramolecular Hbond substituents is 1. The predicted octanol–water partition coefficient (Wildman–Crippen LogP) is 5.59. The molecule has 212 valence electrons. The first-order valence-corrected chi connectivity index (χ1v) is 14.0. The van der Waals surface area contributed by atoms with E-state index in [0.717, 1.165) is 10.8 Å². The minimum absolute atomic E-state index is 0.00547. The molecule has 0 aromatic heterocycles. The molecule has 4 unspecified atom stereocenters. The Balaban J connectivity index is 1.72. The van der Waals surface area contributed by atoms with Crippen LogP contribution in [0.25, 0.3) is 10.8 Å². The number of hydrogen-bond acceptors (Lipinski definition) is 6. The standard InChI is InChI=1S/C31H37N3O5S/c1-18-9-8-12-23(27(18)35)26(28(36)32-22-14-13-20-10-6-7-11-21(20)16-22)34(25-15-19(25)2)29(37)24(17-40)33-30(38)39-31(3,4)5/h6-14,16,19,24-26,35,40H,15,17H2,1-5H3,(H,32,36)(H,33,38). The molecule has 3 aromatic carbocycles. The minimum atomic E-state index is -1.16. The van der Waals surface area contributed by atoms with Crippen LogP contribution in [0.15, 0.2) is 60.7 Å². The Morgan fingerprint density at radius 1 is 1.07 bits per heavy atom. The lowest BCUT2D eigenvalue weighted by atomic mass is 9.98. The molecule has 0 radical (unpaired) electrons. The molecule has 3 aromatic rings. The number of carbonyl (C=O) groups is 3. The molecular formula is C31H37N3O5S. The van der Waals surface area contributed by atoms with E-state index in [1.54, 1.807) is 52.0 Å². The first-order chi connectivity index (χ1) is 18.9. The average molecular weight is 564 g/mol. The third-order valence-corrected chi connectivity index (χ3v) is 7.32. The van der Waals surface area contributed by atoms with E-state index in [1.807, 2.05) is 43.3 Å². The van der Waals surface area contributed by atoms with Gasteiger partial charge in [-0.3, -0.25) is 9.59 Å². The van der Waals surface area contributed by atoms with Gasteiger partial charge in [0.05, 0.1) is 0 Å². The Morgan fingerprint density at radius 3 is 2.38 bits per heavy atom. The number of ether oxygens (including phenoxy) is 1. The van der Waals surface area contributed by atoms with Crippen molar-refractivity contribution in [1.29, 1.82) is 0 Å². The second-order valence-corrected chi connectivity index (χ2v) is 11.7. The Bertz CT molecular complexity index is 1420. The molecule has 1 aliphatic rings. The summed E-state index contributed by atoms with van der Waals surface area (Å²) in [4.78, 5) is 42.2. The summed E-state index contributed by atoms with van der Waals surface area (Å²) in [7, 11) is 0. The van der Waals surface area contributed by atoms with Crippen molar-refractivity contribution in [3.05, 3.63) is 71.8 Å². The molecular weight excluding hydrogens is 526 g/mol. The zero-order valence-electron chi connectivity index (χ0n) is 23.5. The third kappa shape index (κ3) is 6.70. The number of hydrogen-bond donors (Lipinski definition) is 4. The molecule has 3 N–H and O–H groups in total. The number of rotatable bonds is 8. The number of nitrogens with zero attached hydrogens (tertiary/aromatic N) is 1. The maximum atomic E-state index is 14.1. The second-order valence-electron chi connectivity index (χ2n) is 11.4. The molecule has 1 fully saturated rings. The van der Waals surface area contributed by atoms with Gasteiger partial charge in [0.1, 0.15) is 23.4 Å².